The van der Waals surface area contributed by atoms with E-state index in [1.165, 1.54) is 24.2 Å². The molecule has 0 amide bonds. The van der Waals surface area contributed by atoms with Gasteiger partial charge in [-0.2, -0.15) is 11.8 Å². The van der Waals surface area contributed by atoms with E-state index in [0.717, 1.165) is 23.2 Å². The Kier molecular flexibility index (Phi) is 4.34. The topological polar surface area (TPSA) is 21.3 Å². The fraction of sp³-hybridized carbons (Fsp3) is 0.625. The highest BCUT2D eigenvalue weighted by Gasteiger charge is 2.46. The fourth-order valence-electron chi connectivity index (χ4n) is 3.42. The van der Waals surface area contributed by atoms with Crippen molar-refractivity contribution in [3.05, 3.63) is 28.2 Å². The van der Waals surface area contributed by atoms with Crippen LogP contribution in [0.4, 0.5) is 0 Å². The van der Waals surface area contributed by atoms with Gasteiger partial charge in [0, 0.05) is 27.7 Å². The summed E-state index contributed by atoms with van der Waals surface area (Å²) in [5.41, 5.74) is 1.31. The predicted molar refractivity (Wildman–Crippen MR) is 89.7 cm³/mol. The number of nitrogens with one attached hydrogen (secondary N) is 1. The molecule has 1 spiro atoms. The Bertz CT molecular complexity index is 495. The van der Waals surface area contributed by atoms with E-state index in [4.69, 9.17) is 4.74 Å². The summed E-state index contributed by atoms with van der Waals surface area (Å²) in [5.74, 6) is 2.34. The minimum Gasteiger partial charge on any atom is -0.486 e. The Labute approximate surface area is 134 Å². The molecule has 3 rings (SSSR count). The molecule has 2 nitrogen and oxygen atoms in total. The van der Waals surface area contributed by atoms with Crippen LogP contribution in [0.15, 0.2) is 22.7 Å². The quantitative estimate of drug-likeness (QED) is 0.841. The van der Waals surface area contributed by atoms with E-state index in [1.807, 2.05) is 0 Å². The number of rotatable bonds is 2. The van der Waals surface area contributed by atoms with Crippen LogP contribution in [-0.4, -0.2) is 23.1 Å². The van der Waals surface area contributed by atoms with Gasteiger partial charge in [-0.3, -0.25) is 0 Å². The van der Waals surface area contributed by atoms with Gasteiger partial charge in [0.25, 0.3) is 0 Å². The SMILES string of the molecule is CCNC1CC2(CCCSC2C)Oc2ccc(Br)cc21. The smallest absolute Gasteiger partial charge is 0.125 e. The third kappa shape index (κ3) is 2.62. The first-order valence-corrected chi connectivity index (χ1v) is 9.32. The van der Waals surface area contributed by atoms with Crippen molar-refractivity contribution in [3.63, 3.8) is 0 Å². The van der Waals surface area contributed by atoms with Crippen molar-refractivity contribution in [1.29, 1.82) is 0 Å². The van der Waals surface area contributed by atoms with Gasteiger partial charge >= 0.3 is 0 Å². The molecule has 3 unspecified atom stereocenters. The average molecular weight is 356 g/mol. The molecule has 1 saturated heterocycles. The van der Waals surface area contributed by atoms with Crippen LogP contribution in [0.25, 0.3) is 0 Å². The second-order valence-corrected chi connectivity index (χ2v) is 8.14. The Morgan fingerprint density at radius 1 is 1.50 bits per heavy atom. The van der Waals surface area contributed by atoms with Crippen molar-refractivity contribution in [2.75, 3.05) is 12.3 Å². The number of fused-ring (bicyclic) bond motifs is 1. The normalized spacial score (nSPS) is 32.8. The summed E-state index contributed by atoms with van der Waals surface area (Å²) in [5, 5.41) is 4.21. The Hall–Kier alpha value is -0.190. The van der Waals surface area contributed by atoms with Gasteiger partial charge in [-0.05, 0) is 50.3 Å². The van der Waals surface area contributed by atoms with Gasteiger partial charge in [0.05, 0.1) is 0 Å². The van der Waals surface area contributed by atoms with E-state index in [2.05, 4.69) is 65.1 Å². The predicted octanol–water partition coefficient (Wildman–Crippen LogP) is 4.54. The van der Waals surface area contributed by atoms with Gasteiger partial charge in [-0.1, -0.05) is 22.9 Å². The molecular formula is C16H22BrNOS. The maximum atomic E-state index is 6.52. The molecule has 1 fully saturated rings. The zero-order valence-corrected chi connectivity index (χ0v) is 14.5. The lowest BCUT2D eigenvalue weighted by molar-refractivity contribution is 0.0205. The Morgan fingerprint density at radius 2 is 2.35 bits per heavy atom. The molecule has 110 valence electrons. The van der Waals surface area contributed by atoms with E-state index >= 15 is 0 Å². The van der Waals surface area contributed by atoms with Crippen LogP contribution < -0.4 is 10.1 Å². The van der Waals surface area contributed by atoms with Crippen LogP contribution in [0.1, 0.15) is 44.7 Å². The minimum atomic E-state index is 0.0105. The molecule has 2 aliphatic heterocycles. The summed E-state index contributed by atoms with van der Waals surface area (Å²) in [7, 11) is 0. The molecule has 1 aromatic carbocycles. The van der Waals surface area contributed by atoms with Gasteiger partial charge in [-0.15, -0.1) is 0 Å². The number of hydrogen-bond acceptors (Lipinski definition) is 3. The summed E-state index contributed by atoms with van der Waals surface area (Å²) in [6.07, 6.45) is 3.52. The molecular weight excluding hydrogens is 334 g/mol. The van der Waals surface area contributed by atoms with Crippen LogP contribution in [0, 0.1) is 0 Å². The molecule has 2 aliphatic rings. The molecule has 1 aromatic rings. The molecule has 0 bridgehead atoms. The lowest BCUT2D eigenvalue weighted by Gasteiger charge is -2.48. The zero-order chi connectivity index (χ0) is 14.2. The first-order valence-electron chi connectivity index (χ1n) is 7.48. The summed E-state index contributed by atoms with van der Waals surface area (Å²) in [6.45, 7) is 5.50. The largest absolute Gasteiger partial charge is 0.486 e. The van der Waals surface area contributed by atoms with E-state index in [0.29, 0.717) is 11.3 Å². The molecule has 3 atom stereocenters. The van der Waals surface area contributed by atoms with Crippen molar-refractivity contribution in [1.82, 2.24) is 5.32 Å². The summed E-state index contributed by atoms with van der Waals surface area (Å²) in [4.78, 5) is 0. The van der Waals surface area contributed by atoms with E-state index in [9.17, 15) is 0 Å². The highest BCUT2D eigenvalue weighted by Crippen LogP contribution is 2.48. The first kappa shape index (κ1) is 14.7. The lowest BCUT2D eigenvalue weighted by Crippen LogP contribution is -2.52. The second kappa shape index (κ2) is 5.90. The summed E-state index contributed by atoms with van der Waals surface area (Å²) in [6, 6.07) is 6.82. The molecule has 0 radical (unpaired) electrons. The first-order chi connectivity index (χ1) is 9.64. The highest BCUT2D eigenvalue weighted by atomic mass is 79.9. The van der Waals surface area contributed by atoms with Gasteiger partial charge in [-0.25, -0.2) is 0 Å². The molecule has 0 aromatic heterocycles. The maximum absolute atomic E-state index is 6.52. The van der Waals surface area contributed by atoms with Gasteiger partial charge in [0.1, 0.15) is 11.4 Å². The average Bonchev–Trinajstić information content (AvgIpc) is 2.44. The van der Waals surface area contributed by atoms with Crippen LogP contribution in [0.5, 0.6) is 5.75 Å². The molecule has 4 heteroatoms. The van der Waals surface area contributed by atoms with Crippen LogP contribution in [-0.2, 0) is 0 Å². The van der Waals surface area contributed by atoms with Gasteiger partial charge < -0.3 is 10.1 Å². The third-order valence-electron chi connectivity index (χ3n) is 4.51. The Morgan fingerprint density at radius 3 is 3.10 bits per heavy atom. The van der Waals surface area contributed by atoms with Crippen molar-refractivity contribution in [2.45, 2.75) is 50.0 Å². The number of hydrogen-bond donors (Lipinski definition) is 1. The van der Waals surface area contributed by atoms with E-state index in [1.54, 1.807) is 0 Å². The summed E-state index contributed by atoms with van der Waals surface area (Å²) < 4.78 is 7.65. The number of halogens is 1. The van der Waals surface area contributed by atoms with Crippen molar-refractivity contribution in [3.8, 4) is 5.75 Å². The van der Waals surface area contributed by atoms with Crippen LogP contribution >= 0.6 is 27.7 Å². The van der Waals surface area contributed by atoms with Crippen molar-refractivity contribution < 1.29 is 4.74 Å². The van der Waals surface area contributed by atoms with Crippen molar-refractivity contribution >= 4 is 27.7 Å². The van der Waals surface area contributed by atoms with Gasteiger partial charge in [0.2, 0.25) is 0 Å². The standard InChI is InChI=1S/C16H22BrNOS/c1-3-18-14-10-16(7-4-8-20-11(16)2)19-15-6-5-12(17)9-13(14)15/h5-6,9,11,14,18H,3-4,7-8,10H2,1-2H3. The second-order valence-electron chi connectivity index (χ2n) is 5.78. The fourth-order valence-corrected chi connectivity index (χ4v) is 5.03. The highest BCUT2D eigenvalue weighted by molar-refractivity contribution is 9.10. The Balaban J connectivity index is 1.98. The zero-order valence-electron chi connectivity index (χ0n) is 12.1. The molecule has 2 heterocycles. The number of benzene rings is 1. The number of ether oxygens (including phenoxy) is 1. The molecule has 0 saturated carbocycles. The van der Waals surface area contributed by atoms with Crippen LogP contribution in [0.2, 0.25) is 0 Å². The monoisotopic (exact) mass is 355 g/mol. The van der Waals surface area contributed by atoms with E-state index in [-0.39, 0.29) is 5.60 Å². The molecule has 20 heavy (non-hydrogen) atoms. The van der Waals surface area contributed by atoms with Crippen molar-refractivity contribution in [2.24, 2.45) is 0 Å². The lowest BCUT2D eigenvalue weighted by atomic mass is 9.81. The van der Waals surface area contributed by atoms with Gasteiger partial charge in [0.15, 0.2) is 0 Å². The molecule has 1 N–H and O–H groups in total. The summed E-state index contributed by atoms with van der Waals surface area (Å²) >= 11 is 5.64. The maximum Gasteiger partial charge on any atom is 0.125 e. The number of thioether (sulfide) groups is 1. The van der Waals surface area contributed by atoms with Crippen LogP contribution in [0.3, 0.4) is 0 Å². The third-order valence-corrected chi connectivity index (χ3v) is 6.46. The minimum absolute atomic E-state index is 0.0105. The molecule has 0 aliphatic carbocycles. The van der Waals surface area contributed by atoms with E-state index < -0.39 is 0 Å².